The SMILES string of the molecule is Cc1cc(C)nc(N2CCNCC2C)n1.Cl. The summed E-state index contributed by atoms with van der Waals surface area (Å²) in [5.74, 6) is 0.876. The molecular formula is C11H19ClN4. The van der Waals surface area contributed by atoms with Crippen molar-refractivity contribution in [3.63, 3.8) is 0 Å². The Labute approximate surface area is 103 Å². The van der Waals surface area contributed by atoms with Crippen molar-refractivity contribution in [3.05, 3.63) is 17.5 Å². The van der Waals surface area contributed by atoms with Gasteiger partial charge in [-0.2, -0.15) is 0 Å². The molecule has 1 unspecified atom stereocenters. The van der Waals surface area contributed by atoms with E-state index in [1.54, 1.807) is 0 Å². The molecule has 1 aromatic rings. The van der Waals surface area contributed by atoms with Crippen LogP contribution in [0.25, 0.3) is 0 Å². The molecule has 16 heavy (non-hydrogen) atoms. The molecule has 90 valence electrons. The summed E-state index contributed by atoms with van der Waals surface area (Å²) in [6, 6.07) is 2.48. The first-order valence-electron chi connectivity index (χ1n) is 5.46. The highest BCUT2D eigenvalue weighted by molar-refractivity contribution is 5.85. The largest absolute Gasteiger partial charge is 0.336 e. The summed E-state index contributed by atoms with van der Waals surface area (Å²) in [5, 5.41) is 3.37. The highest BCUT2D eigenvalue weighted by atomic mass is 35.5. The number of piperazine rings is 1. The van der Waals surface area contributed by atoms with E-state index >= 15 is 0 Å². The third kappa shape index (κ3) is 2.83. The van der Waals surface area contributed by atoms with Crippen molar-refractivity contribution < 1.29 is 0 Å². The molecule has 1 atom stereocenters. The molecule has 1 fully saturated rings. The number of aryl methyl sites for hydroxylation is 2. The number of nitrogens with zero attached hydrogens (tertiary/aromatic N) is 3. The normalized spacial score (nSPS) is 20.4. The molecule has 4 nitrogen and oxygen atoms in total. The Morgan fingerprint density at radius 1 is 1.31 bits per heavy atom. The maximum absolute atomic E-state index is 4.50. The molecular weight excluding hydrogens is 224 g/mol. The van der Waals surface area contributed by atoms with E-state index in [1.807, 2.05) is 19.9 Å². The second kappa shape index (κ2) is 5.46. The number of aromatic nitrogens is 2. The fourth-order valence-electron chi connectivity index (χ4n) is 1.97. The molecule has 1 aromatic heterocycles. The molecule has 1 aliphatic rings. The minimum atomic E-state index is 0. The van der Waals surface area contributed by atoms with Crippen LogP contribution in [0.3, 0.4) is 0 Å². The first kappa shape index (κ1) is 13.2. The van der Waals surface area contributed by atoms with Crippen LogP contribution in [0, 0.1) is 13.8 Å². The predicted octanol–water partition coefficient (Wildman–Crippen LogP) is 1.31. The van der Waals surface area contributed by atoms with Crippen LogP contribution in [-0.4, -0.2) is 35.6 Å². The Bertz CT molecular complexity index is 336. The van der Waals surface area contributed by atoms with Gasteiger partial charge in [-0.3, -0.25) is 0 Å². The van der Waals surface area contributed by atoms with E-state index in [9.17, 15) is 0 Å². The average Bonchev–Trinajstić information content (AvgIpc) is 2.16. The van der Waals surface area contributed by atoms with Crippen molar-refractivity contribution in [2.24, 2.45) is 0 Å². The van der Waals surface area contributed by atoms with Gasteiger partial charge in [0, 0.05) is 37.1 Å². The summed E-state index contributed by atoms with van der Waals surface area (Å²) in [4.78, 5) is 11.3. The van der Waals surface area contributed by atoms with Crippen LogP contribution in [0.2, 0.25) is 0 Å². The van der Waals surface area contributed by atoms with Crippen LogP contribution < -0.4 is 10.2 Å². The zero-order chi connectivity index (χ0) is 10.8. The molecule has 0 saturated carbocycles. The third-order valence-electron chi connectivity index (χ3n) is 2.73. The van der Waals surface area contributed by atoms with Gasteiger partial charge in [-0.05, 0) is 26.8 Å². The van der Waals surface area contributed by atoms with Crippen molar-refractivity contribution in [1.29, 1.82) is 0 Å². The van der Waals surface area contributed by atoms with Crippen LogP contribution in [0.1, 0.15) is 18.3 Å². The highest BCUT2D eigenvalue weighted by Gasteiger charge is 2.20. The monoisotopic (exact) mass is 242 g/mol. The van der Waals surface area contributed by atoms with Crippen LogP contribution in [0.5, 0.6) is 0 Å². The van der Waals surface area contributed by atoms with Gasteiger partial charge in [0.1, 0.15) is 0 Å². The van der Waals surface area contributed by atoms with Gasteiger partial charge in [0.15, 0.2) is 0 Å². The molecule has 0 radical (unpaired) electrons. The van der Waals surface area contributed by atoms with E-state index in [0.29, 0.717) is 6.04 Å². The van der Waals surface area contributed by atoms with Gasteiger partial charge < -0.3 is 10.2 Å². The summed E-state index contributed by atoms with van der Waals surface area (Å²) in [6.07, 6.45) is 0. The van der Waals surface area contributed by atoms with Crippen molar-refractivity contribution in [2.45, 2.75) is 26.8 Å². The molecule has 0 bridgehead atoms. The van der Waals surface area contributed by atoms with Gasteiger partial charge in [-0.25, -0.2) is 9.97 Å². The topological polar surface area (TPSA) is 41.1 Å². The summed E-state index contributed by atoms with van der Waals surface area (Å²) < 4.78 is 0. The van der Waals surface area contributed by atoms with E-state index in [4.69, 9.17) is 0 Å². The number of halogens is 1. The molecule has 0 aliphatic carbocycles. The van der Waals surface area contributed by atoms with Gasteiger partial charge in [-0.15, -0.1) is 12.4 Å². The van der Waals surface area contributed by atoms with Crippen molar-refractivity contribution in [1.82, 2.24) is 15.3 Å². The Hall–Kier alpha value is -0.870. The number of hydrogen-bond acceptors (Lipinski definition) is 4. The predicted molar refractivity (Wildman–Crippen MR) is 68.4 cm³/mol. The molecule has 0 spiro atoms. The van der Waals surface area contributed by atoms with Gasteiger partial charge in [-0.1, -0.05) is 0 Å². The van der Waals surface area contributed by atoms with E-state index in [0.717, 1.165) is 37.0 Å². The molecule has 0 amide bonds. The minimum Gasteiger partial charge on any atom is -0.336 e. The van der Waals surface area contributed by atoms with Gasteiger partial charge in [0.2, 0.25) is 5.95 Å². The molecule has 2 rings (SSSR count). The van der Waals surface area contributed by atoms with E-state index in [2.05, 4.69) is 27.1 Å². The van der Waals surface area contributed by atoms with Crippen LogP contribution >= 0.6 is 12.4 Å². The summed E-state index contributed by atoms with van der Waals surface area (Å²) in [6.45, 7) is 9.25. The lowest BCUT2D eigenvalue weighted by molar-refractivity contribution is 0.492. The average molecular weight is 243 g/mol. The van der Waals surface area contributed by atoms with Crippen LogP contribution in [0.4, 0.5) is 5.95 Å². The van der Waals surface area contributed by atoms with Crippen molar-refractivity contribution >= 4 is 18.4 Å². The summed E-state index contributed by atoms with van der Waals surface area (Å²) in [7, 11) is 0. The van der Waals surface area contributed by atoms with Crippen LogP contribution in [-0.2, 0) is 0 Å². The number of hydrogen-bond donors (Lipinski definition) is 1. The second-order valence-corrected chi connectivity index (χ2v) is 4.20. The number of nitrogens with one attached hydrogen (secondary N) is 1. The summed E-state index contributed by atoms with van der Waals surface area (Å²) in [5.41, 5.74) is 2.09. The Morgan fingerprint density at radius 3 is 2.50 bits per heavy atom. The zero-order valence-electron chi connectivity index (χ0n) is 10.0. The molecule has 1 aliphatic heterocycles. The Kier molecular flexibility index (Phi) is 4.50. The lowest BCUT2D eigenvalue weighted by Gasteiger charge is -2.34. The maximum atomic E-state index is 4.50. The fraction of sp³-hybridized carbons (Fsp3) is 0.636. The van der Waals surface area contributed by atoms with Gasteiger partial charge in [0.05, 0.1) is 0 Å². The van der Waals surface area contributed by atoms with Crippen molar-refractivity contribution in [2.75, 3.05) is 24.5 Å². The van der Waals surface area contributed by atoms with Gasteiger partial charge >= 0.3 is 0 Å². The van der Waals surface area contributed by atoms with Gasteiger partial charge in [0.25, 0.3) is 0 Å². The lowest BCUT2D eigenvalue weighted by atomic mass is 10.2. The van der Waals surface area contributed by atoms with Crippen LogP contribution in [0.15, 0.2) is 6.07 Å². The van der Waals surface area contributed by atoms with E-state index in [1.165, 1.54) is 0 Å². The maximum Gasteiger partial charge on any atom is 0.226 e. The molecule has 5 heteroatoms. The zero-order valence-corrected chi connectivity index (χ0v) is 10.8. The minimum absolute atomic E-state index is 0. The summed E-state index contributed by atoms with van der Waals surface area (Å²) >= 11 is 0. The second-order valence-electron chi connectivity index (χ2n) is 4.20. The molecule has 2 heterocycles. The number of rotatable bonds is 1. The first-order valence-corrected chi connectivity index (χ1v) is 5.46. The smallest absolute Gasteiger partial charge is 0.226 e. The quantitative estimate of drug-likeness (QED) is 0.807. The van der Waals surface area contributed by atoms with E-state index < -0.39 is 0 Å². The third-order valence-corrected chi connectivity index (χ3v) is 2.73. The highest BCUT2D eigenvalue weighted by Crippen LogP contribution is 2.14. The lowest BCUT2D eigenvalue weighted by Crippen LogP contribution is -2.50. The fourth-order valence-corrected chi connectivity index (χ4v) is 1.97. The molecule has 1 saturated heterocycles. The standard InChI is InChI=1S/C11H18N4.ClH/c1-8-6-9(2)14-11(13-8)15-5-4-12-7-10(15)3;/h6,10,12H,4-5,7H2,1-3H3;1H. The Balaban J connectivity index is 0.00000128. The number of anilines is 1. The molecule has 1 N–H and O–H groups in total. The molecule has 0 aromatic carbocycles. The Morgan fingerprint density at radius 2 is 1.94 bits per heavy atom. The van der Waals surface area contributed by atoms with E-state index in [-0.39, 0.29) is 12.4 Å². The first-order chi connectivity index (χ1) is 7.16. The van der Waals surface area contributed by atoms with Crippen molar-refractivity contribution in [3.8, 4) is 0 Å².